The number of hydrogen-bond acceptors (Lipinski definition) is 4. The summed E-state index contributed by atoms with van der Waals surface area (Å²) in [5.41, 5.74) is 1.53. The first-order chi connectivity index (χ1) is 10.1. The Morgan fingerprint density at radius 1 is 1.43 bits per heavy atom. The Morgan fingerprint density at radius 3 is 2.95 bits per heavy atom. The number of fused-ring (bicyclic) bond motifs is 1. The van der Waals surface area contributed by atoms with Crippen LogP contribution in [0.1, 0.15) is 10.4 Å². The molecule has 0 atom stereocenters. The summed E-state index contributed by atoms with van der Waals surface area (Å²) in [5, 5.41) is 0. The van der Waals surface area contributed by atoms with Gasteiger partial charge in [0.05, 0.1) is 30.7 Å². The molecule has 1 N–H and O–H groups in total. The van der Waals surface area contributed by atoms with Gasteiger partial charge in [-0.2, -0.15) is 0 Å². The van der Waals surface area contributed by atoms with Gasteiger partial charge < -0.3 is 19.5 Å². The van der Waals surface area contributed by atoms with Crippen molar-refractivity contribution in [3.8, 4) is 0 Å². The Labute approximate surface area is 120 Å². The fourth-order valence-electron chi connectivity index (χ4n) is 3.04. The molecule has 4 rings (SSSR count). The molecule has 0 bridgehead atoms. The van der Waals surface area contributed by atoms with E-state index in [0.717, 1.165) is 5.52 Å². The predicted molar refractivity (Wildman–Crippen MR) is 73.8 cm³/mol. The van der Waals surface area contributed by atoms with E-state index >= 15 is 0 Å². The van der Waals surface area contributed by atoms with E-state index in [1.807, 2.05) is 12.1 Å². The van der Waals surface area contributed by atoms with Crippen LogP contribution in [0.3, 0.4) is 0 Å². The highest BCUT2D eigenvalue weighted by Crippen LogP contribution is 2.33. The number of nitrogens with zero attached hydrogens (tertiary/aromatic N) is 3. The lowest BCUT2D eigenvalue weighted by Gasteiger charge is -2.45. The van der Waals surface area contributed by atoms with Crippen molar-refractivity contribution in [2.45, 2.75) is 5.60 Å². The van der Waals surface area contributed by atoms with Gasteiger partial charge in [0.25, 0.3) is 5.91 Å². The molecule has 0 saturated carbocycles. The predicted octanol–water partition coefficient (Wildman–Crippen LogP) is 0.839. The first-order valence-corrected chi connectivity index (χ1v) is 6.73. The van der Waals surface area contributed by atoms with Crippen LogP contribution in [0.25, 0.3) is 11.0 Å². The topological polar surface area (TPSA) is 78.5 Å². The molecular weight excluding hydrogens is 272 g/mol. The van der Waals surface area contributed by atoms with Gasteiger partial charge in [-0.15, -0.1) is 0 Å². The van der Waals surface area contributed by atoms with Crippen LogP contribution in [-0.4, -0.2) is 64.1 Å². The van der Waals surface area contributed by atoms with Crippen LogP contribution in [0.2, 0.25) is 0 Å². The summed E-state index contributed by atoms with van der Waals surface area (Å²) in [7, 11) is 1.70. The summed E-state index contributed by atoms with van der Waals surface area (Å²) in [6, 6.07) is 3.70. The highest BCUT2D eigenvalue weighted by atomic mass is 16.6. The van der Waals surface area contributed by atoms with Gasteiger partial charge in [-0.25, -0.2) is 4.79 Å². The first kappa shape index (κ1) is 12.2. The van der Waals surface area contributed by atoms with Gasteiger partial charge in [-0.3, -0.25) is 9.78 Å². The SMILES string of the molecule is CN1CC2(CN(C(=O)c3c[nH]c4cccnc34)C2)OC1=O. The van der Waals surface area contributed by atoms with Crippen molar-refractivity contribution in [1.82, 2.24) is 19.8 Å². The Morgan fingerprint density at radius 2 is 2.24 bits per heavy atom. The summed E-state index contributed by atoms with van der Waals surface area (Å²) in [6.45, 7) is 1.39. The number of aromatic nitrogens is 2. The number of pyridine rings is 1. The molecule has 0 aliphatic carbocycles. The average molecular weight is 286 g/mol. The average Bonchev–Trinajstić information content (AvgIpc) is 2.98. The number of ether oxygens (including phenoxy) is 1. The summed E-state index contributed by atoms with van der Waals surface area (Å²) in [5.74, 6) is -0.0869. The summed E-state index contributed by atoms with van der Waals surface area (Å²) >= 11 is 0. The normalized spacial score (nSPS) is 20.0. The largest absolute Gasteiger partial charge is 0.437 e. The molecule has 2 saturated heterocycles. The van der Waals surface area contributed by atoms with Crippen LogP contribution in [0.4, 0.5) is 4.79 Å². The maximum absolute atomic E-state index is 12.5. The molecule has 7 heteroatoms. The molecule has 1 spiro atoms. The smallest absolute Gasteiger partial charge is 0.410 e. The lowest BCUT2D eigenvalue weighted by Crippen LogP contribution is -2.65. The van der Waals surface area contributed by atoms with Gasteiger partial charge in [-0.05, 0) is 12.1 Å². The monoisotopic (exact) mass is 286 g/mol. The standard InChI is InChI=1S/C14H14N4O3/c1-17-6-14(21-13(17)20)7-18(8-14)12(19)9-5-16-10-3-2-4-15-11(9)10/h2-5,16H,6-8H2,1H3. The third-order valence-corrected chi connectivity index (χ3v) is 4.05. The molecule has 0 unspecified atom stereocenters. The molecule has 2 aromatic heterocycles. The molecule has 2 aliphatic heterocycles. The fraction of sp³-hybridized carbons (Fsp3) is 0.357. The number of likely N-dealkylation sites (N-methyl/N-ethyl adjacent to an activating group) is 1. The molecule has 4 heterocycles. The Bertz CT molecular complexity index is 748. The molecule has 108 valence electrons. The lowest BCUT2D eigenvalue weighted by atomic mass is 9.93. The highest BCUT2D eigenvalue weighted by Gasteiger charge is 2.54. The molecule has 0 radical (unpaired) electrons. The minimum absolute atomic E-state index is 0.0869. The van der Waals surface area contributed by atoms with Crippen molar-refractivity contribution in [3.63, 3.8) is 0 Å². The highest BCUT2D eigenvalue weighted by molar-refractivity contribution is 6.05. The van der Waals surface area contributed by atoms with Crippen LogP contribution in [0, 0.1) is 0 Å². The van der Waals surface area contributed by atoms with Gasteiger partial charge in [0, 0.05) is 19.4 Å². The van der Waals surface area contributed by atoms with Crippen LogP contribution in [-0.2, 0) is 4.74 Å². The lowest BCUT2D eigenvalue weighted by molar-refractivity contribution is -0.0580. The second kappa shape index (κ2) is 3.97. The van der Waals surface area contributed by atoms with E-state index in [9.17, 15) is 9.59 Å². The number of carbonyl (C=O) groups is 2. The number of carbonyl (C=O) groups excluding carboxylic acids is 2. The van der Waals surface area contributed by atoms with Gasteiger partial charge in [-0.1, -0.05) is 0 Å². The molecular formula is C14H14N4O3. The van der Waals surface area contributed by atoms with Crippen molar-refractivity contribution in [1.29, 1.82) is 0 Å². The molecule has 2 amide bonds. The van der Waals surface area contributed by atoms with Crippen molar-refractivity contribution < 1.29 is 14.3 Å². The van der Waals surface area contributed by atoms with E-state index in [4.69, 9.17) is 4.74 Å². The Balaban J connectivity index is 1.54. The number of hydrogen-bond donors (Lipinski definition) is 1. The number of rotatable bonds is 1. The summed E-state index contributed by atoms with van der Waals surface area (Å²) in [4.78, 5) is 34.5. The van der Waals surface area contributed by atoms with Crippen molar-refractivity contribution in [3.05, 3.63) is 30.1 Å². The van der Waals surface area contributed by atoms with E-state index in [-0.39, 0.29) is 12.0 Å². The molecule has 21 heavy (non-hydrogen) atoms. The molecule has 2 aromatic rings. The minimum Gasteiger partial charge on any atom is -0.437 e. The van der Waals surface area contributed by atoms with E-state index in [0.29, 0.717) is 30.7 Å². The third kappa shape index (κ3) is 1.70. The van der Waals surface area contributed by atoms with Gasteiger partial charge in [0.15, 0.2) is 5.60 Å². The number of nitrogens with one attached hydrogen (secondary N) is 1. The second-order valence-corrected chi connectivity index (χ2v) is 5.67. The molecule has 2 aliphatic rings. The molecule has 7 nitrogen and oxygen atoms in total. The van der Waals surface area contributed by atoms with Crippen molar-refractivity contribution in [2.75, 3.05) is 26.7 Å². The van der Waals surface area contributed by atoms with Crippen LogP contribution in [0.15, 0.2) is 24.5 Å². The Kier molecular flexibility index (Phi) is 2.30. The van der Waals surface area contributed by atoms with E-state index in [2.05, 4.69) is 9.97 Å². The number of aromatic amines is 1. The minimum atomic E-state index is -0.527. The number of H-pyrrole nitrogens is 1. The maximum atomic E-state index is 12.5. The number of likely N-dealkylation sites (tertiary alicyclic amines) is 1. The van der Waals surface area contributed by atoms with E-state index in [1.54, 1.807) is 24.3 Å². The fourth-order valence-corrected chi connectivity index (χ4v) is 3.04. The zero-order valence-electron chi connectivity index (χ0n) is 11.5. The maximum Gasteiger partial charge on any atom is 0.410 e. The van der Waals surface area contributed by atoms with Gasteiger partial charge in [0.2, 0.25) is 0 Å². The van der Waals surface area contributed by atoms with Crippen LogP contribution >= 0.6 is 0 Å². The second-order valence-electron chi connectivity index (χ2n) is 5.67. The molecule has 0 aromatic carbocycles. The van der Waals surface area contributed by atoms with Crippen molar-refractivity contribution >= 4 is 23.0 Å². The van der Waals surface area contributed by atoms with Crippen LogP contribution < -0.4 is 0 Å². The van der Waals surface area contributed by atoms with Crippen LogP contribution in [0.5, 0.6) is 0 Å². The van der Waals surface area contributed by atoms with E-state index in [1.165, 1.54) is 4.90 Å². The third-order valence-electron chi connectivity index (χ3n) is 4.05. The van der Waals surface area contributed by atoms with Gasteiger partial charge in [0.1, 0.15) is 5.52 Å². The number of amides is 2. The Hall–Kier alpha value is -2.57. The summed E-state index contributed by atoms with van der Waals surface area (Å²) < 4.78 is 5.35. The van der Waals surface area contributed by atoms with Gasteiger partial charge >= 0.3 is 6.09 Å². The van der Waals surface area contributed by atoms with E-state index < -0.39 is 5.60 Å². The van der Waals surface area contributed by atoms with Crippen molar-refractivity contribution in [2.24, 2.45) is 0 Å². The summed E-state index contributed by atoms with van der Waals surface area (Å²) in [6.07, 6.45) is 3.02. The quantitative estimate of drug-likeness (QED) is 0.842. The first-order valence-electron chi connectivity index (χ1n) is 6.73. The zero-order chi connectivity index (χ0) is 14.6. The zero-order valence-corrected chi connectivity index (χ0v) is 11.5. The molecule has 2 fully saturated rings.